The van der Waals surface area contributed by atoms with Crippen molar-refractivity contribution in [1.29, 1.82) is 0 Å². The van der Waals surface area contributed by atoms with Crippen molar-refractivity contribution in [3.63, 3.8) is 0 Å². The Morgan fingerprint density at radius 2 is 1.78 bits per heavy atom. The van der Waals surface area contributed by atoms with Crippen molar-refractivity contribution in [2.24, 2.45) is 0 Å². The molecule has 18 heavy (non-hydrogen) atoms. The number of benzene rings is 2. The number of carboxylic acid groups (broad SMARTS) is 1. The number of methoxy groups -OCH3 is 1. The van der Waals surface area contributed by atoms with E-state index >= 15 is 0 Å². The molecule has 92 valence electrons. The molecule has 0 aliphatic heterocycles. The maximum Gasteiger partial charge on any atom is 0.339 e. The molecule has 0 aromatic heterocycles. The van der Waals surface area contributed by atoms with Gasteiger partial charge in [-0.25, -0.2) is 4.79 Å². The number of carboxylic acids is 1. The molecule has 0 unspecified atom stereocenters. The van der Waals surface area contributed by atoms with E-state index in [4.69, 9.17) is 4.74 Å². The van der Waals surface area contributed by atoms with Crippen LogP contribution in [0.25, 0.3) is 11.1 Å². The summed E-state index contributed by atoms with van der Waals surface area (Å²) in [6.45, 7) is 1.76. The molecule has 0 aliphatic carbocycles. The van der Waals surface area contributed by atoms with Crippen LogP contribution in [0, 0.1) is 6.92 Å². The Balaban J connectivity index is 2.70. The van der Waals surface area contributed by atoms with Gasteiger partial charge in [-0.05, 0) is 18.1 Å². The van der Waals surface area contributed by atoms with Crippen molar-refractivity contribution in [3.05, 3.63) is 53.6 Å². The summed E-state index contributed by atoms with van der Waals surface area (Å²) >= 11 is 0. The molecule has 3 heteroatoms. The minimum Gasteiger partial charge on any atom is -0.495 e. The molecule has 2 aromatic rings. The van der Waals surface area contributed by atoms with Gasteiger partial charge in [0, 0.05) is 5.56 Å². The highest BCUT2D eigenvalue weighted by atomic mass is 16.5. The van der Waals surface area contributed by atoms with Gasteiger partial charge in [0.05, 0.1) is 7.11 Å². The molecular formula is C15H14O3. The Bertz CT molecular complexity index is 574. The van der Waals surface area contributed by atoms with E-state index in [-0.39, 0.29) is 5.56 Å². The number of hydrogen-bond acceptors (Lipinski definition) is 2. The first-order valence-electron chi connectivity index (χ1n) is 5.61. The molecule has 0 spiro atoms. The molecule has 0 saturated heterocycles. The molecule has 0 radical (unpaired) electrons. The first-order chi connectivity index (χ1) is 8.65. The van der Waals surface area contributed by atoms with E-state index in [2.05, 4.69) is 0 Å². The van der Waals surface area contributed by atoms with E-state index in [1.54, 1.807) is 13.0 Å². The minimum absolute atomic E-state index is 0.221. The lowest BCUT2D eigenvalue weighted by atomic mass is 9.98. The topological polar surface area (TPSA) is 46.5 Å². The van der Waals surface area contributed by atoms with Crippen molar-refractivity contribution in [1.82, 2.24) is 0 Å². The fourth-order valence-corrected chi connectivity index (χ4v) is 2.00. The summed E-state index contributed by atoms with van der Waals surface area (Å²) in [5, 5.41) is 9.27. The van der Waals surface area contributed by atoms with Gasteiger partial charge in [0.15, 0.2) is 0 Å². The van der Waals surface area contributed by atoms with E-state index in [0.29, 0.717) is 11.3 Å². The van der Waals surface area contributed by atoms with E-state index in [9.17, 15) is 9.90 Å². The molecular weight excluding hydrogens is 228 g/mol. The zero-order chi connectivity index (χ0) is 13.1. The Labute approximate surface area is 106 Å². The van der Waals surface area contributed by atoms with E-state index in [1.807, 2.05) is 36.4 Å². The maximum absolute atomic E-state index is 11.3. The van der Waals surface area contributed by atoms with Gasteiger partial charge in [0.25, 0.3) is 0 Å². The lowest BCUT2D eigenvalue weighted by molar-refractivity contribution is 0.0692. The van der Waals surface area contributed by atoms with Crippen LogP contribution in [0.5, 0.6) is 5.75 Å². The second-order valence-electron chi connectivity index (χ2n) is 4.01. The minimum atomic E-state index is -0.970. The van der Waals surface area contributed by atoms with Crippen LogP contribution in [0.2, 0.25) is 0 Å². The summed E-state index contributed by atoms with van der Waals surface area (Å²) in [5.74, 6) is -0.559. The van der Waals surface area contributed by atoms with Crippen LogP contribution in [0.1, 0.15) is 15.9 Å². The molecule has 2 aromatic carbocycles. The van der Waals surface area contributed by atoms with E-state index in [1.165, 1.54) is 7.11 Å². The Morgan fingerprint density at radius 1 is 1.11 bits per heavy atom. The highest BCUT2D eigenvalue weighted by molar-refractivity contribution is 5.96. The van der Waals surface area contributed by atoms with Gasteiger partial charge in [0.2, 0.25) is 0 Å². The van der Waals surface area contributed by atoms with Crippen molar-refractivity contribution in [2.75, 3.05) is 7.11 Å². The van der Waals surface area contributed by atoms with Crippen LogP contribution >= 0.6 is 0 Å². The van der Waals surface area contributed by atoms with Crippen LogP contribution in [0.4, 0.5) is 0 Å². The van der Waals surface area contributed by atoms with Crippen LogP contribution in [-0.4, -0.2) is 18.2 Å². The molecule has 1 N–H and O–H groups in total. The lowest BCUT2D eigenvalue weighted by Crippen LogP contribution is -2.04. The fraction of sp³-hybridized carbons (Fsp3) is 0.133. The highest BCUT2D eigenvalue weighted by Gasteiger charge is 2.18. The van der Waals surface area contributed by atoms with Gasteiger partial charge >= 0.3 is 5.97 Å². The Kier molecular flexibility index (Phi) is 3.33. The predicted molar refractivity (Wildman–Crippen MR) is 70.1 cm³/mol. The predicted octanol–water partition coefficient (Wildman–Crippen LogP) is 3.37. The molecule has 3 nitrogen and oxygen atoms in total. The zero-order valence-electron chi connectivity index (χ0n) is 10.3. The van der Waals surface area contributed by atoms with Crippen molar-refractivity contribution < 1.29 is 14.6 Å². The largest absolute Gasteiger partial charge is 0.495 e. The molecule has 2 rings (SSSR count). The van der Waals surface area contributed by atoms with Crippen LogP contribution in [0.15, 0.2) is 42.5 Å². The third kappa shape index (κ3) is 2.07. The Hall–Kier alpha value is -2.29. The Morgan fingerprint density at radius 3 is 2.33 bits per heavy atom. The second kappa shape index (κ2) is 4.92. The monoisotopic (exact) mass is 242 g/mol. The molecule has 0 fully saturated rings. The average Bonchev–Trinajstić information content (AvgIpc) is 2.38. The lowest BCUT2D eigenvalue weighted by Gasteiger charge is -2.13. The summed E-state index contributed by atoms with van der Waals surface area (Å²) in [6.07, 6.45) is 0. The van der Waals surface area contributed by atoms with Crippen molar-refractivity contribution in [3.8, 4) is 16.9 Å². The third-order valence-electron chi connectivity index (χ3n) is 2.87. The molecule has 0 amide bonds. The first kappa shape index (κ1) is 12.2. The highest BCUT2D eigenvalue weighted by Crippen LogP contribution is 2.34. The van der Waals surface area contributed by atoms with Crippen molar-refractivity contribution in [2.45, 2.75) is 6.92 Å². The quantitative estimate of drug-likeness (QED) is 0.897. The molecule has 0 saturated carbocycles. The fourth-order valence-electron chi connectivity index (χ4n) is 2.00. The summed E-state index contributed by atoms with van der Waals surface area (Å²) in [6, 6.07) is 13.3. The van der Waals surface area contributed by atoms with Gasteiger partial charge in [-0.1, -0.05) is 42.5 Å². The number of aryl methyl sites for hydroxylation is 1. The summed E-state index contributed by atoms with van der Waals surface area (Å²) < 4.78 is 5.29. The van der Waals surface area contributed by atoms with E-state index in [0.717, 1.165) is 11.1 Å². The zero-order valence-corrected chi connectivity index (χ0v) is 10.3. The van der Waals surface area contributed by atoms with Crippen molar-refractivity contribution >= 4 is 5.97 Å². The second-order valence-corrected chi connectivity index (χ2v) is 4.01. The SMILES string of the molecule is COc1c(-c2ccccc2)ccc(C)c1C(=O)O. The number of rotatable bonds is 3. The molecule has 0 aliphatic rings. The van der Waals surface area contributed by atoms with Crippen LogP contribution in [-0.2, 0) is 0 Å². The van der Waals surface area contributed by atoms with Crippen LogP contribution < -0.4 is 4.74 Å². The van der Waals surface area contributed by atoms with Crippen LogP contribution in [0.3, 0.4) is 0 Å². The number of aromatic carboxylic acids is 1. The molecule has 0 bridgehead atoms. The normalized spacial score (nSPS) is 10.1. The van der Waals surface area contributed by atoms with E-state index < -0.39 is 5.97 Å². The van der Waals surface area contributed by atoms with Gasteiger partial charge < -0.3 is 9.84 Å². The van der Waals surface area contributed by atoms with Gasteiger partial charge in [0.1, 0.15) is 11.3 Å². The summed E-state index contributed by atoms with van der Waals surface area (Å²) in [5.41, 5.74) is 2.65. The van der Waals surface area contributed by atoms with Gasteiger partial charge in [-0.15, -0.1) is 0 Å². The number of carbonyl (C=O) groups is 1. The number of hydrogen-bond donors (Lipinski definition) is 1. The van der Waals surface area contributed by atoms with Gasteiger partial charge in [-0.3, -0.25) is 0 Å². The average molecular weight is 242 g/mol. The summed E-state index contributed by atoms with van der Waals surface area (Å²) in [4.78, 5) is 11.3. The standard InChI is InChI=1S/C15H14O3/c1-10-8-9-12(11-6-4-3-5-7-11)14(18-2)13(10)15(16)17/h3-9H,1-2H3,(H,16,17). The third-order valence-corrected chi connectivity index (χ3v) is 2.87. The smallest absolute Gasteiger partial charge is 0.339 e. The first-order valence-corrected chi connectivity index (χ1v) is 5.61. The molecule has 0 heterocycles. The maximum atomic E-state index is 11.3. The number of ether oxygens (including phenoxy) is 1. The van der Waals surface area contributed by atoms with Gasteiger partial charge in [-0.2, -0.15) is 0 Å². The molecule has 0 atom stereocenters. The summed E-state index contributed by atoms with van der Waals surface area (Å²) in [7, 11) is 1.49.